The van der Waals surface area contributed by atoms with Crippen LogP contribution in [0.5, 0.6) is 17.2 Å². The van der Waals surface area contributed by atoms with Gasteiger partial charge < -0.3 is 18.8 Å². The molecule has 0 fully saturated rings. The van der Waals surface area contributed by atoms with Crippen molar-refractivity contribution in [2.45, 2.75) is 19.9 Å². The Morgan fingerprint density at radius 1 is 1.07 bits per heavy atom. The van der Waals surface area contributed by atoms with E-state index in [-0.39, 0.29) is 5.91 Å². The molecule has 0 aliphatic carbocycles. The molecule has 3 aromatic rings. The molecule has 29 heavy (non-hydrogen) atoms. The molecule has 0 saturated heterocycles. The molecule has 0 aliphatic heterocycles. The summed E-state index contributed by atoms with van der Waals surface area (Å²) in [5, 5.41) is 5.10. The largest absolute Gasteiger partial charge is 0.496 e. The fraction of sp³-hybridized carbons (Fsp3) is 0.273. The zero-order chi connectivity index (χ0) is 20.8. The SMILES string of the molecule is COc1ccc(/C=N/NC(=O)CCn2cc(C)c3c(OC)cccc32)cc1OC. The number of hydrogen-bond donors (Lipinski definition) is 1. The summed E-state index contributed by atoms with van der Waals surface area (Å²) in [4.78, 5) is 12.2. The van der Waals surface area contributed by atoms with E-state index in [9.17, 15) is 4.79 Å². The van der Waals surface area contributed by atoms with Gasteiger partial charge in [0.2, 0.25) is 5.91 Å². The quantitative estimate of drug-likeness (QED) is 0.468. The first-order valence-corrected chi connectivity index (χ1v) is 9.23. The lowest BCUT2D eigenvalue weighted by Gasteiger charge is -2.07. The molecule has 0 unspecified atom stereocenters. The van der Waals surface area contributed by atoms with Crippen molar-refractivity contribution in [2.75, 3.05) is 21.3 Å². The van der Waals surface area contributed by atoms with Gasteiger partial charge in [-0.05, 0) is 48.4 Å². The number of ether oxygens (including phenoxy) is 3. The Hall–Kier alpha value is -3.48. The lowest BCUT2D eigenvalue weighted by molar-refractivity contribution is -0.121. The first kappa shape index (κ1) is 20.3. The van der Waals surface area contributed by atoms with E-state index in [1.807, 2.05) is 37.4 Å². The van der Waals surface area contributed by atoms with Crippen molar-refractivity contribution in [1.29, 1.82) is 0 Å². The highest BCUT2D eigenvalue weighted by molar-refractivity contribution is 5.90. The molecule has 0 spiro atoms. The molecule has 3 rings (SSSR count). The monoisotopic (exact) mass is 395 g/mol. The summed E-state index contributed by atoms with van der Waals surface area (Å²) in [5.41, 5.74) is 5.52. The highest BCUT2D eigenvalue weighted by Crippen LogP contribution is 2.30. The van der Waals surface area contributed by atoms with E-state index in [2.05, 4.69) is 15.1 Å². The minimum atomic E-state index is -0.163. The number of carbonyl (C=O) groups excluding carboxylic acids is 1. The van der Waals surface area contributed by atoms with E-state index in [0.29, 0.717) is 24.5 Å². The van der Waals surface area contributed by atoms with Crippen molar-refractivity contribution in [3.63, 3.8) is 0 Å². The molecule has 0 radical (unpaired) electrons. The van der Waals surface area contributed by atoms with Gasteiger partial charge in [-0.15, -0.1) is 0 Å². The van der Waals surface area contributed by atoms with E-state index < -0.39 is 0 Å². The van der Waals surface area contributed by atoms with Gasteiger partial charge in [-0.25, -0.2) is 5.43 Å². The zero-order valence-electron chi connectivity index (χ0n) is 17.1. The molecule has 0 aliphatic rings. The third-order valence-electron chi connectivity index (χ3n) is 4.67. The van der Waals surface area contributed by atoms with Crippen LogP contribution in [0.4, 0.5) is 0 Å². The van der Waals surface area contributed by atoms with Crippen molar-refractivity contribution < 1.29 is 19.0 Å². The first-order chi connectivity index (χ1) is 14.1. The van der Waals surface area contributed by atoms with Crippen LogP contribution in [0.25, 0.3) is 10.9 Å². The van der Waals surface area contributed by atoms with E-state index in [1.165, 1.54) is 0 Å². The Morgan fingerprint density at radius 3 is 2.55 bits per heavy atom. The Balaban J connectivity index is 1.61. The molecule has 1 heterocycles. The summed E-state index contributed by atoms with van der Waals surface area (Å²) in [5.74, 6) is 1.92. The second kappa shape index (κ2) is 9.14. The van der Waals surface area contributed by atoms with Crippen molar-refractivity contribution in [3.05, 3.63) is 53.7 Å². The number of hydrazone groups is 1. The van der Waals surface area contributed by atoms with Crippen molar-refractivity contribution >= 4 is 23.0 Å². The molecule has 1 amide bonds. The van der Waals surface area contributed by atoms with Gasteiger partial charge in [0, 0.05) is 24.5 Å². The van der Waals surface area contributed by atoms with Crippen LogP contribution in [-0.2, 0) is 11.3 Å². The number of amides is 1. The number of aromatic nitrogens is 1. The number of rotatable bonds is 8. The minimum Gasteiger partial charge on any atom is -0.496 e. The van der Waals surface area contributed by atoms with Crippen LogP contribution in [0.15, 0.2) is 47.7 Å². The molecular weight excluding hydrogens is 370 g/mol. The summed E-state index contributed by atoms with van der Waals surface area (Å²) < 4.78 is 18.0. The molecule has 0 bridgehead atoms. The number of methoxy groups -OCH3 is 3. The maximum atomic E-state index is 12.2. The molecule has 0 atom stereocenters. The van der Waals surface area contributed by atoms with Gasteiger partial charge >= 0.3 is 0 Å². The second-order valence-electron chi connectivity index (χ2n) is 6.52. The second-order valence-corrected chi connectivity index (χ2v) is 6.52. The van der Waals surface area contributed by atoms with Crippen LogP contribution < -0.4 is 19.6 Å². The first-order valence-electron chi connectivity index (χ1n) is 9.23. The van der Waals surface area contributed by atoms with Gasteiger partial charge in [0.25, 0.3) is 0 Å². The highest BCUT2D eigenvalue weighted by Gasteiger charge is 2.11. The standard InChI is InChI=1S/C22H25N3O4/c1-15-14-25(17-6-5-7-19(28-3)22(15)17)11-10-21(26)24-23-13-16-8-9-18(27-2)20(12-16)29-4/h5-9,12-14H,10-11H2,1-4H3,(H,24,26)/b23-13+. The van der Waals surface area contributed by atoms with Crippen LogP contribution in [0, 0.1) is 6.92 Å². The Labute approximate surface area is 169 Å². The van der Waals surface area contributed by atoms with E-state index >= 15 is 0 Å². The molecular formula is C22H25N3O4. The third-order valence-corrected chi connectivity index (χ3v) is 4.67. The van der Waals surface area contributed by atoms with Gasteiger partial charge in [0.1, 0.15) is 5.75 Å². The van der Waals surface area contributed by atoms with E-state index in [0.717, 1.165) is 27.8 Å². The topological polar surface area (TPSA) is 74.1 Å². The third kappa shape index (κ3) is 4.51. The molecule has 152 valence electrons. The fourth-order valence-electron chi connectivity index (χ4n) is 3.27. The number of nitrogens with one attached hydrogen (secondary N) is 1. The fourth-order valence-corrected chi connectivity index (χ4v) is 3.27. The van der Waals surface area contributed by atoms with E-state index in [4.69, 9.17) is 14.2 Å². The lowest BCUT2D eigenvalue weighted by Crippen LogP contribution is -2.19. The average molecular weight is 395 g/mol. The number of fused-ring (bicyclic) bond motifs is 1. The molecule has 7 heteroatoms. The summed E-state index contributed by atoms with van der Waals surface area (Å²) in [6, 6.07) is 11.3. The Bertz CT molecular complexity index is 1040. The van der Waals surface area contributed by atoms with Crippen LogP contribution >= 0.6 is 0 Å². The number of benzene rings is 2. The normalized spacial score (nSPS) is 11.0. The zero-order valence-corrected chi connectivity index (χ0v) is 17.1. The van der Waals surface area contributed by atoms with Gasteiger partial charge in [0.05, 0.1) is 33.1 Å². The maximum Gasteiger partial charge on any atom is 0.241 e. The van der Waals surface area contributed by atoms with Gasteiger partial charge in [0.15, 0.2) is 11.5 Å². The average Bonchev–Trinajstić information content (AvgIpc) is 3.08. The number of carbonyl (C=O) groups is 1. The molecule has 0 saturated carbocycles. The van der Waals surface area contributed by atoms with Crippen LogP contribution in [-0.4, -0.2) is 38.0 Å². The molecule has 1 N–H and O–H groups in total. The van der Waals surface area contributed by atoms with Gasteiger partial charge in [-0.2, -0.15) is 5.10 Å². The van der Waals surface area contributed by atoms with Crippen LogP contribution in [0.1, 0.15) is 17.5 Å². The summed E-state index contributed by atoms with van der Waals surface area (Å²) in [6.45, 7) is 2.59. The summed E-state index contributed by atoms with van der Waals surface area (Å²) in [7, 11) is 4.82. The van der Waals surface area contributed by atoms with Crippen LogP contribution in [0.2, 0.25) is 0 Å². The smallest absolute Gasteiger partial charge is 0.241 e. The Morgan fingerprint density at radius 2 is 1.83 bits per heavy atom. The molecule has 1 aromatic heterocycles. The number of nitrogens with zero attached hydrogens (tertiary/aromatic N) is 2. The van der Waals surface area contributed by atoms with Crippen molar-refractivity contribution in [3.8, 4) is 17.2 Å². The predicted molar refractivity (Wildman–Crippen MR) is 113 cm³/mol. The maximum absolute atomic E-state index is 12.2. The number of hydrogen-bond acceptors (Lipinski definition) is 5. The predicted octanol–water partition coefficient (Wildman–Crippen LogP) is 3.52. The van der Waals surface area contributed by atoms with Gasteiger partial charge in [-0.3, -0.25) is 4.79 Å². The molecule has 7 nitrogen and oxygen atoms in total. The summed E-state index contributed by atoms with van der Waals surface area (Å²) >= 11 is 0. The molecule has 2 aromatic carbocycles. The summed E-state index contributed by atoms with van der Waals surface area (Å²) in [6.07, 6.45) is 3.91. The van der Waals surface area contributed by atoms with E-state index in [1.54, 1.807) is 39.7 Å². The Kier molecular flexibility index (Phi) is 6.39. The minimum absolute atomic E-state index is 0.163. The lowest BCUT2D eigenvalue weighted by atomic mass is 10.2. The van der Waals surface area contributed by atoms with Crippen molar-refractivity contribution in [2.24, 2.45) is 5.10 Å². The highest BCUT2D eigenvalue weighted by atomic mass is 16.5. The van der Waals surface area contributed by atoms with Gasteiger partial charge in [-0.1, -0.05) is 6.07 Å². The van der Waals surface area contributed by atoms with Crippen molar-refractivity contribution in [1.82, 2.24) is 9.99 Å². The van der Waals surface area contributed by atoms with Crippen LogP contribution in [0.3, 0.4) is 0 Å². The number of aryl methyl sites for hydroxylation is 2.